The molecule has 2 N–H and O–H groups in total. The van der Waals surface area contributed by atoms with Crippen LogP contribution in [0.2, 0.25) is 0 Å². The van der Waals surface area contributed by atoms with Crippen molar-refractivity contribution >= 4 is 29.2 Å². The Hall–Kier alpha value is -2.54. The summed E-state index contributed by atoms with van der Waals surface area (Å²) < 4.78 is 5.29. The van der Waals surface area contributed by atoms with Crippen LogP contribution in [-0.2, 0) is 4.79 Å². The minimum atomic E-state index is -0.359. The number of aromatic nitrogens is 2. The van der Waals surface area contributed by atoms with Gasteiger partial charge in [0.1, 0.15) is 5.75 Å². The standard InChI is InChI=1S/C13H12N4O2S/c18-11(9-19-10-5-2-1-3-6-10)16-13(20)17-12-14-7-4-8-15-12/h1-8H,9H2,(H2,14,15,16,17,18,20). The van der Waals surface area contributed by atoms with Gasteiger partial charge in [0.2, 0.25) is 5.95 Å². The van der Waals surface area contributed by atoms with Gasteiger partial charge in [0.05, 0.1) is 0 Å². The maximum Gasteiger partial charge on any atom is 0.264 e. The van der Waals surface area contributed by atoms with Gasteiger partial charge in [0.25, 0.3) is 5.91 Å². The number of rotatable bonds is 4. The Bertz CT molecular complexity index is 577. The third-order valence-corrected chi connectivity index (χ3v) is 2.36. The van der Waals surface area contributed by atoms with E-state index in [1.54, 1.807) is 30.6 Å². The van der Waals surface area contributed by atoms with Gasteiger partial charge < -0.3 is 10.1 Å². The van der Waals surface area contributed by atoms with Gasteiger partial charge in [-0.2, -0.15) is 0 Å². The van der Waals surface area contributed by atoms with E-state index in [-0.39, 0.29) is 17.6 Å². The second kappa shape index (κ2) is 7.15. The molecule has 20 heavy (non-hydrogen) atoms. The Morgan fingerprint density at radius 1 is 1.15 bits per heavy atom. The van der Waals surface area contributed by atoms with E-state index in [1.807, 2.05) is 18.2 Å². The number of para-hydroxylation sites is 1. The predicted octanol–water partition coefficient (Wildman–Crippen LogP) is 1.37. The SMILES string of the molecule is O=C(COc1ccccc1)NC(=S)Nc1ncccn1. The van der Waals surface area contributed by atoms with Crippen molar-refractivity contribution in [1.29, 1.82) is 0 Å². The third-order valence-electron chi connectivity index (χ3n) is 2.16. The fourth-order valence-corrected chi connectivity index (χ4v) is 1.53. The average molecular weight is 288 g/mol. The topological polar surface area (TPSA) is 76.1 Å². The number of hydrogen-bond donors (Lipinski definition) is 2. The first-order valence-corrected chi connectivity index (χ1v) is 6.20. The Morgan fingerprint density at radius 2 is 1.85 bits per heavy atom. The molecule has 1 heterocycles. The zero-order valence-corrected chi connectivity index (χ0v) is 11.3. The van der Waals surface area contributed by atoms with Crippen LogP contribution in [0.4, 0.5) is 5.95 Å². The molecule has 1 amide bonds. The lowest BCUT2D eigenvalue weighted by Gasteiger charge is -2.09. The molecule has 2 rings (SSSR count). The normalized spacial score (nSPS) is 9.60. The van der Waals surface area contributed by atoms with E-state index in [0.717, 1.165) is 0 Å². The molecule has 0 saturated carbocycles. The number of nitrogens with zero attached hydrogens (tertiary/aromatic N) is 2. The quantitative estimate of drug-likeness (QED) is 0.828. The van der Waals surface area contributed by atoms with Crippen LogP contribution in [0.25, 0.3) is 0 Å². The highest BCUT2D eigenvalue weighted by Gasteiger charge is 2.06. The van der Waals surface area contributed by atoms with Gasteiger partial charge >= 0.3 is 0 Å². The summed E-state index contributed by atoms with van der Waals surface area (Å²) in [6.07, 6.45) is 3.14. The van der Waals surface area contributed by atoms with Gasteiger partial charge in [-0.15, -0.1) is 0 Å². The molecule has 1 aromatic heterocycles. The summed E-state index contributed by atoms with van der Waals surface area (Å²) in [5.74, 6) is 0.581. The summed E-state index contributed by atoms with van der Waals surface area (Å²) in [5, 5.41) is 5.29. The van der Waals surface area contributed by atoms with E-state index in [2.05, 4.69) is 20.6 Å². The second-order valence-corrected chi connectivity index (χ2v) is 4.08. The molecular weight excluding hydrogens is 276 g/mol. The fraction of sp³-hybridized carbons (Fsp3) is 0.0769. The molecule has 0 spiro atoms. The van der Waals surface area contributed by atoms with Crippen molar-refractivity contribution < 1.29 is 9.53 Å². The molecule has 0 aliphatic rings. The van der Waals surface area contributed by atoms with Crippen LogP contribution in [-0.4, -0.2) is 27.6 Å². The lowest BCUT2D eigenvalue weighted by molar-refractivity contribution is -0.121. The Labute approximate surface area is 121 Å². The number of carbonyl (C=O) groups is 1. The largest absolute Gasteiger partial charge is 0.484 e. The number of amides is 1. The van der Waals surface area contributed by atoms with E-state index >= 15 is 0 Å². The highest BCUT2D eigenvalue weighted by Crippen LogP contribution is 2.07. The monoisotopic (exact) mass is 288 g/mol. The minimum Gasteiger partial charge on any atom is -0.484 e. The van der Waals surface area contributed by atoms with Crippen LogP contribution in [0.3, 0.4) is 0 Å². The molecule has 102 valence electrons. The molecule has 7 heteroatoms. The summed E-state index contributed by atoms with van der Waals surface area (Å²) in [5.41, 5.74) is 0. The zero-order valence-electron chi connectivity index (χ0n) is 10.4. The van der Waals surface area contributed by atoms with Crippen LogP contribution < -0.4 is 15.4 Å². The first-order valence-electron chi connectivity index (χ1n) is 5.80. The van der Waals surface area contributed by atoms with E-state index in [0.29, 0.717) is 11.7 Å². The third kappa shape index (κ3) is 4.62. The van der Waals surface area contributed by atoms with Crippen LogP contribution in [0, 0.1) is 0 Å². The zero-order chi connectivity index (χ0) is 14.2. The molecule has 0 aliphatic carbocycles. The maximum atomic E-state index is 11.6. The molecular formula is C13H12N4O2S. The van der Waals surface area contributed by atoms with Crippen molar-refractivity contribution in [2.24, 2.45) is 0 Å². The Balaban J connectivity index is 1.75. The summed E-state index contributed by atoms with van der Waals surface area (Å²) in [7, 11) is 0. The van der Waals surface area contributed by atoms with Crippen molar-refractivity contribution in [2.75, 3.05) is 11.9 Å². The van der Waals surface area contributed by atoms with Crippen LogP contribution in [0.1, 0.15) is 0 Å². The summed E-state index contributed by atoms with van der Waals surface area (Å²) in [6, 6.07) is 10.7. The van der Waals surface area contributed by atoms with Crippen molar-refractivity contribution in [3.8, 4) is 5.75 Å². The van der Waals surface area contributed by atoms with E-state index in [4.69, 9.17) is 17.0 Å². The van der Waals surface area contributed by atoms with Gasteiger partial charge in [0.15, 0.2) is 11.7 Å². The maximum absolute atomic E-state index is 11.6. The second-order valence-electron chi connectivity index (χ2n) is 3.68. The van der Waals surface area contributed by atoms with Crippen molar-refractivity contribution in [1.82, 2.24) is 15.3 Å². The molecule has 0 unspecified atom stereocenters. The molecule has 0 bridgehead atoms. The highest BCUT2D eigenvalue weighted by molar-refractivity contribution is 7.80. The van der Waals surface area contributed by atoms with Crippen LogP contribution >= 0.6 is 12.2 Å². The molecule has 0 aliphatic heterocycles. The van der Waals surface area contributed by atoms with Gasteiger partial charge in [-0.05, 0) is 30.4 Å². The average Bonchev–Trinajstić information content (AvgIpc) is 2.47. The van der Waals surface area contributed by atoms with E-state index in [9.17, 15) is 4.79 Å². The molecule has 0 radical (unpaired) electrons. The molecule has 6 nitrogen and oxygen atoms in total. The Kier molecular flexibility index (Phi) is 4.96. The number of ether oxygens (including phenoxy) is 1. The molecule has 2 aromatic rings. The van der Waals surface area contributed by atoms with E-state index < -0.39 is 0 Å². The van der Waals surface area contributed by atoms with E-state index in [1.165, 1.54) is 0 Å². The van der Waals surface area contributed by atoms with Crippen LogP contribution in [0.5, 0.6) is 5.75 Å². The molecule has 0 fully saturated rings. The number of benzene rings is 1. The van der Waals surface area contributed by atoms with Gasteiger partial charge in [-0.3, -0.25) is 10.1 Å². The van der Waals surface area contributed by atoms with Crippen molar-refractivity contribution in [3.05, 3.63) is 48.8 Å². The highest BCUT2D eigenvalue weighted by atomic mass is 32.1. The molecule has 1 aromatic carbocycles. The summed E-state index contributed by atoms with van der Waals surface area (Å²) in [6.45, 7) is -0.124. The van der Waals surface area contributed by atoms with Gasteiger partial charge in [-0.25, -0.2) is 9.97 Å². The number of hydrogen-bond acceptors (Lipinski definition) is 5. The van der Waals surface area contributed by atoms with Crippen LogP contribution in [0.15, 0.2) is 48.8 Å². The first kappa shape index (κ1) is 13.9. The number of thiocarbonyl (C=S) groups is 1. The smallest absolute Gasteiger partial charge is 0.264 e. The van der Waals surface area contributed by atoms with Gasteiger partial charge in [-0.1, -0.05) is 18.2 Å². The number of carbonyl (C=O) groups excluding carboxylic acids is 1. The van der Waals surface area contributed by atoms with Crippen molar-refractivity contribution in [2.45, 2.75) is 0 Å². The number of anilines is 1. The predicted molar refractivity (Wildman–Crippen MR) is 78.3 cm³/mol. The Morgan fingerprint density at radius 3 is 2.55 bits per heavy atom. The minimum absolute atomic E-state index is 0.123. The first-order chi connectivity index (χ1) is 9.74. The molecule has 0 atom stereocenters. The van der Waals surface area contributed by atoms with Crippen molar-refractivity contribution in [3.63, 3.8) is 0 Å². The lowest BCUT2D eigenvalue weighted by atomic mass is 10.3. The fourth-order valence-electron chi connectivity index (χ4n) is 1.32. The molecule has 0 saturated heterocycles. The lowest BCUT2D eigenvalue weighted by Crippen LogP contribution is -2.37. The number of nitrogens with one attached hydrogen (secondary N) is 2. The van der Waals surface area contributed by atoms with Gasteiger partial charge in [0, 0.05) is 12.4 Å². The summed E-state index contributed by atoms with van der Waals surface area (Å²) in [4.78, 5) is 19.5. The summed E-state index contributed by atoms with van der Waals surface area (Å²) >= 11 is 4.96.